The second-order valence-electron chi connectivity index (χ2n) is 7.97. The SMILES string of the molecule is COC(=O)C(NC(=O)c1cn(Cc2ccccc2)c2ccccc12)C(C)(C)C. The van der Waals surface area contributed by atoms with Crippen LogP contribution in [0.1, 0.15) is 36.7 Å². The molecule has 0 aliphatic heterocycles. The van der Waals surface area contributed by atoms with E-state index in [1.807, 2.05) is 69.4 Å². The summed E-state index contributed by atoms with van der Waals surface area (Å²) in [5.74, 6) is -0.734. The summed E-state index contributed by atoms with van der Waals surface area (Å²) in [4.78, 5) is 25.3. The summed E-state index contributed by atoms with van der Waals surface area (Å²) in [6.45, 7) is 6.35. The molecule has 1 amide bonds. The van der Waals surface area contributed by atoms with Gasteiger partial charge in [0.2, 0.25) is 0 Å². The van der Waals surface area contributed by atoms with Gasteiger partial charge in [-0.2, -0.15) is 0 Å². The van der Waals surface area contributed by atoms with Gasteiger partial charge < -0.3 is 14.6 Å². The number of aromatic nitrogens is 1. The Labute approximate surface area is 165 Å². The molecule has 5 heteroatoms. The third-order valence-corrected chi connectivity index (χ3v) is 4.81. The fourth-order valence-corrected chi connectivity index (χ4v) is 3.29. The summed E-state index contributed by atoms with van der Waals surface area (Å²) in [5.41, 5.74) is 2.20. The fourth-order valence-electron chi connectivity index (χ4n) is 3.29. The van der Waals surface area contributed by atoms with Gasteiger partial charge in [-0.3, -0.25) is 4.79 Å². The second-order valence-corrected chi connectivity index (χ2v) is 7.97. The molecule has 3 rings (SSSR count). The minimum absolute atomic E-state index is 0.284. The van der Waals surface area contributed by atoms with Gasteiger partial charge in [-0.15, -0.1) is 0 Å². The minimum atomic E-state index is -0.735. The number of ether oxygens (including phenoxy) is 1. The van der Waals surface area contributed by atoms with Crippen LogP contribution in [0.2, 0.25) is 0 Å². The molecular formula is C23H26N2O3. The number of para-hydroxylation sites is 1. The monoisotopic (exact) mass is 378 g/mol. The number of benzene rings is 2. The maximum absolute atomic E-state index is 13.1. The van der Waals surface area contributed by atoms with Gasteiger partial charge in [0.15, 0.2) is 0 Å². The number of carbonyl (C=O) groups is 2. The Morgan fingerprint density at radius 2 is 1.68 bits per heavy atom. The molecule has 0 spiro atoms. The van der Waals surface area contributed by atoms with E-state index in [0.29, 0.717) is 12.1 Å². The summed E-state index contributed by atoms with van der Waals surface area (Å²) in [6, 6.07) is 17.1. The van der Waals surface area contributed by atoms with Crippen LogP contribution in [-0.4, -0.2) is 29.6 Å². The average molecular weight is 378 g/mol. The highest BCUT2D eigenvalue weighted by Crippen LogP contribution is 2.25. The van der Waals surface area contributed by atoms with Crippen LogP contribution < -0.4 is 5.32 Å². The van der Waals surface area contributed by atoms with Crippen molar-refractivity contribution >= 4 is 22.8 Å². The van der Waals surface area contributed by atoms with E-state index in [1.54, 1.807) is 0 Å². The van der Waals surface area contributed by atoms with E-state index < -0.39 is 17.4 Å². The molecule has 1 unspecified atom stereocenters. The van der Waals surface area contributed by atoms with Crippen molar-refractivity contribution in [1.29, 1.82) is 0 Å². The lowest BCUT2D eigenvalue weighted by Gasteiger charge is -2.28. The molecule has 0 bridgehead atoms. The van der Waals surface area contributed by atoms with Gasteiger partial charge in [-0.1, -0.05) is 69.3 Å². The van der Waals surface area contributed by atoms with Crippen molar-refractivity contribution in [2.45, 2.75) is 33.4 Å². The molecular weight excluding hydrogens is 352 g/mol. The number of amides is 1. The van der Waals surface area contributed by atoms with Crippen molar-refractivity contribution in [1.82, 2.24) is 9.88 Å². The van der Waals surface area contributed by atoms with Crippen molar-refractivity contribution in [3.63, 3.8) is 0 Å². The van der Waals surface area contributed by atoms with Crippen LogP contribution in [0.4, 0.5) is 0 Å². The Bertz CT molecular complexity index is 984. The fraction of sp³-hybridized carbons (Fsp3) is 0.304. The van der Waals surface area contributed by atoms with Gasteiger partial charge in [0.25, 0.3) is 5.91 Å². The highest BCUT2D eigenvalue weighted by Gasteiger charge is 2.34. The number of nitrogens with zero attached hydrogens (tertiary/aromatic N) is 1. The van der Waals surface area contributed by atoms with Crippen LogP contribution in [0, 0.1) is 5.41 Å². The van der Waals surface area contributed by atoms with E-state index in [9.17, 15) is 9.59 Å². The predicted molar refractivity (Wildman–Crippen MR) is 110 cm³/mol. The Morgan fingerprint density at radius 1 is 1.04 bits per heavy atom. The zero-order chi connectivity index (χ0) is 20.3. The first-order valence-electron chi connectivity index (χ1n) is 9.31. The number of esters is 1. The van der Waals surface area contributed by atoms with Crippen LogP contribution >= 0.6 is 0 Å². The number of hydrogen-bond donors (Lipinski definition) is 1. The molecule has 1 aromatic heterocycles. The molecule has 146 valence electrons. The van der Waals surface area contributed by atoms with Gasteiger partial charge in [0.05, 0.1) is 12.7 Å². The van der Waals surface area contributed by atoms with Crippen molar-refractivity contribution < 1.29 is 14.3 Å². The molecule has 0 aliphatic rings. The maximum atomic E-state index is 13.1. The van der Waals surface area contributed by atoms with Crippen molar-refractivity contribution in [2.75, 3.05) is 7.11 Å². The number of hydrogen-bond acceptors (Lipinski definition) is 3. The van der Waals surface area contributed by atoms with Crippen molar-refractivity contribution in [3.05, 3.63) is 71.9 Å². The number of rotatable bonds is 5. The molecule has 2 aromatic carbocycles. The molecule has 0 saturated carbocycles. The largest absolute Gasteiger partial charge is 0.467 e. The van der Waals surface area contributed by atoms with E-state index in [2.05, 4.69) is 22.0 Å². The second kappa shape index (κ2) is 7.89. The number of carbonyl (C=O) groups excluding carboxylic acids is 2. The van der Waals surface area contributed by atoms with Gasteiger partial charge in [0, 0.05) is 23.6 Å². The molecule has 1 heterocycles. The highest BCUT2D eigenvalue weighted by atomic mass is 16.5. The summed E-state index contributed by atoms with van der Waals surface area (Å²) >= 11 is 0. The number of fused-ring (bicyclic) bond motifs is 1. The van der Waals surface area contributed by atoms with Crippen molar-refractivity contribution in [3.8, 4) is 0 Å². The zero-order valence-corrected chi connectivity index (χ0v) is 16.7. The van der Waals surface area contributed by atoms with Crippen LogP contribution in [0.15, 0.2) is 60.8 Å². The molecule has 1 N–H and O–H groups in total. The molecule has 1 atom stereocenters. The van der Waals surface area contributed by atoms with Gasteiger partial charge in [-0.05, 0) is 17.0 Å². The van der Waals surface area contributed by atoms with Crippen LogP contribution in [-0.2, 0) is 16.1 Å². The zero-order valence-electron chi connectivity index (χ0n) is 16.7. The van der Waals surface area contributed by atoms with Crippen LogP contribution in [0.5, 0.6) is 0 Å². The molecule has 0 fully saturated rings. The molecule has 28 heavy (non-hydrogen) atoms. The lowest BCUT2D eigenvalue weighted by molar-refractivity contribution is -0.145. The number of nitrogens with one attached hydrogen (secondary N) is 1. The molecule has 0 saturated heterocycles. The first-order valence-corrected chi connectivity index (χ1v) is 9.31. The Hall–Kier alpha value is -3.08. The average Bonchev–Trinajstić information content (AvgIpc) is 3.04. The Balaban J connectivity index is 1.96. The molecule has 0 radical (unpaired) electrons. The molecule has 3 aromatic rings. The molecule has 0 aliphatic carbocycles. The summed E-state index contributed by atoms with van der Waals surface area (Å²) in [5, 5.41) is 3.72. The minimum Gasteiger partial charge on any atom is -0.467 e. The third kappa shape index (κ3) is 4.09. The molecule has 5 nitrogen and oxygen atoms in total. The van der Waals surface area contributed by atoms with E-state index >= 15 is 0 Å². The predicted octanol–water partition coefficient (Wildman–Crippen LogP) is 4.01. The quantitative estimate of drug-likeness (QED) is 0.683. The van der Waals surface area contributed by atoms with Gasteiger partial charge in [-0.25, -0.2) is 4.79 Å². The lowest BCUT2D eigenvalue weighted by Crippen LogP contribution is -2.49. The topological polar surface area (TPSA) is 60.3 Å². The number of methoxy groups -OCH3 is 1. The van der Waals surface area contributed by atoms with Crippen LogP contribution in [0.25, 0.3) is 10.9 Å². The highest BCUT2D eigenvalue weighted by molar-refractivity contribution is 6.08. The first kappa shape index (κ1) is 19.7. The third-order valence-electron chi connectivity index (χ3n) is 4.81. The Kier molecular flexibility index (Phi) is 5.54. The van der Waals surface area contributed by atoms with E-state index in [-0.39, 0.29) is 5.91 Å². The van der Waals surface area contributed by atoms with E-state index in [1.165, 1.54) is 7.11 Å². The summed E-state index contributed by atoms with van der Waals surface area (Å²) in [7, 11) is 1.33. The van der Waals surface area contributed by atoms with Gasteiger partial charge >= 0.3 is 5.97 Å². The Morgan fingerprint density at radius 3 is 2.32 bits per heavy atom. The lowest BCUT2D eigenvalue weighted by atomic mass is 9.86. The smallest absolute Gasteiger partial charge is 0.328 e. The summed E-state index contributed by atoms with van der Waals surface area (Å²) in [6.07, 6.45) is 1.85. The van der Waals surface area contributed by atoms with Crippen LogP contribution in [0.3, 0.4) is 0 Å². The first-order chi connectivity index (χ1) is 13.3. The normalized spacial score (nSPS) is 12.6. The van der Waals surface area contributed by atoms with E-state index in [4.69, 9.17) is 4.74 Å². The maximum Gasteiger partial charge on any atom is 0.328 e. The van der Waals surface area contributed by atoms with Gasteiger partial charge in [0.1, 0.15) is 6.04 Å². The summed E-state index contributed by atoms with van der Waals surface area (Å²) < 4.78 is 6.95. The standard InChI is InChI=1S/C23H26N2O3/c1-23(2,3)20(22(27)28-4)24-21(26)18-15-25(14-16-10-6-5-7-11-16)19-13-9-8-12-17(18)19/h5-13,15,20H,14H2,1-4H3,(H,24,26). The van der Waals surface area contributed by atoms with Crippen molar-refractivity contribution in [2.24, 2.45) is 5.41 Å². The van der Waals surface area contributed by atoms with E-state index in [0.717, 1.165) is 16.5 Å².